The summed E-state index contributed by atoms with van der Waals surface area (Å²) in [6.07, 6.45) is 1.53. The molecule has 32 heavy (non-hydrogen) atoms. The Balaban J connectivity index is 1.66. The Morgan fingerprint density at radius 3 is 2.28 bits per heavy atom. The van der Waals surface area contributed by atoms with Crippen molar-refractivity contribution >= 4 is 29.2 Å². The molecular weight excluding hydrogens is 405 g/mol. The van der Waals surface area contributed by atoms with Gasteiger partial charge in [-0.1, -0.05) is 60.7 Å². The molecular formula is C25H22FN5O. The van der Waals surface area contributed by atoms with Crippen molar-refractivity contribution in [3.05, 3.63) is 109 Å². The quantitative estimate of drug-likeness (QED) is 0.387. The molecule has 0 aliphatic rings. The molecule has 0 aliphatic heterocycles. The van der Waals surface area contributed by atoms with Gasteiger partial charge in [0.05, 0.1) is 11.7 Å². The highest BCUT2D eigenvalue weighted by atomic mass is 19.1. The van der Waals surface area contributed by atoms with E-state index in [4.69, 9.17) is 0 Å². The van der Waals surface area contributed by atoms with Gasteiger partial charge in [0.2, 0.25) is 5.95 Å². The minimum atomic E-state index is -0.540. The fourth-order valence-electron chi connectivity index (χ4n) is 3.23. The molecule has 4 aromatic rings. The molecule has 1 atom stereocenters. The van der Waals surface area contributed by atoms with Crippen LogP contribution in [0, 0.1) is 5.82 Å². The number of nitrogens with zero attached hydrogens (tertiary/aromatic N) is 3. The molecule has 160 valence electrons. The molecule has 1 unspecified atom stereocenters. The number of urea groups is 1. The maximum absolute atomic E-state index is 14.7. The standard InChI is InChI=1S/C25H22FN5O/c1-18(19-10-4-2-5-11-19)28-24-27-17-16-23(30-24)31(22-15-9-8-14-21(22)26)25(32)29-20-12-6-3-7-13-20/h2-18H,1H3,(H,29,32)(H,27,28,30). The molecule has 2 amide bonds. The lowest BCUT2D eigenvalue weighted by atomic mass is 10.1. The minimum Gasteiger partial charge on any atom is -0.348 e. The number of nitrogens with one attached hydrogen (secondary N) is 2. The molecule has 0 bridgehead atoms. The molecule has 4 rings (SSSR count). The van der Waals surface area contributed by atoms with Crippen LogP contribution in [-0.4, -0.2) is 16.0 Å². The Bertz CT molecular complexity index is 1190. The third-order valence-electron chi connectivity index (χ3n) is 4.84. The van der Waals surface area contributed by atoms with Gasteiger partial charge >= 0.3 is 6.03 Å². The summed E-state index contributed by atoms with van der Waals surface area (Å²) in [5, 5.41) is 6.03. The Kier molecular flexibility index (Phi) is 6.36. The van der Waals surface area contributed by atoms with E-state index in [9.17, 15) is 9.18 Å². The number of anilines is 4. The van der Waals surface area contributed by atoms with E-state index >= 15 is 0 Å². The van der Waals surface area contributed by atoms with Crippen molar-refractivity contribution in [1.29, 1.82) is 0 Å². The van der Waals surface area contributed by atoms with Gasteiger partial charge in [0.15, 0.2) is 0 Å². The van der Waals surface area contributed by atoms with Crippen LogP contribution >= 0.6 is 0 Å². The van der Waals surface area contributed by atoms with Gasteiger partial charge in [-0.05, 0) is 36.8 Å². The third kappa shape index (κ3) is 4.89. The van der Waals surface area contributed by atoms with Gasteiger partial charge in [-0.15, -0.1) is 0 Å². The topological polar surface area (TPSA) is 70.2 Å². The van der Waals surface area contributed by atoms with Gasteiger partial charge in [0.1, 0.15) is 11.6 Å². The van der Waals surface area contributed by atoms with E-state index < -0.39 is 11.8 Å². The lowest BCUT2D eigenvalue weighted by Crippen LogP contribution is -2.32. The predicted molar refractivity (Wildman–Crippen MR) is 125 cm³/mol. The van der Waals surface area contributed by atoms with Gasteiger partial charge in [0.25, 0.3) is 0 Å². The molecule has 3 aromatic carbocycles. The van der Waals surface area contributed by atoms with E-state index in [1.807, 2.05) is 43.3 Å². The normalized spacial score (nSPS) is 11.4. The van der Waals surface area contributed by atoms with Crippen molar-refractivity contribution < 1.29 is 9.18 Å². The van der Waals surface area contributed by atoms with Gasteiger partial charge in [-0.2, -0.15) is 4.98 Å². The summed E-state index contributed by atoms with van der Waals surface area (Å²) < 4.78 is 14.7. The fourth-order valence-corrected chi connectivity index (χ4v) is 3.23. The maximum atomic E-state index is 14.7. The van der Waals surface area contributed by atoms with E-state index in [0.29, 0.717) is 11.6 Å². The highest BCUT2D eigenvalue weighted by Crippen LogP contribution is 2.28. The molecule has 1 heterocycles. The second-order valence-corrected chi connectivity index (χ2v) is 7.10. The smallest absolute Gasteiger partial charge is 0.332 e. The number of halogens is 1. The molecule has 0 aliphatic carbocycles. The van der Waals surface area contributed by atoms with Gasteiger partial charge in [-0.3, -0.25) is 0 Å². The molecule has 0 spiro atoms. The van der Waals surface area contributed by atoms with Crippen molar-refractivity contribution in [1.82, 2.24) is 9.97 Å². The largest absolute Gasteiger partial charge is 0.348 e. The Hall–Kier alpha value is -4.26. The Morgan fingerprint density at radius 1 is 0.906 bits per heavy atom. The van der Waals surface area contributed by atoms with Crippen molar-refractivity contribution in [2.24, 2.45) is 0 Å². The second kappa shape index (κ2) is 9.70. The van der Waals surface area contributed by atoms with Crippen molar-refractivity contribution in [2.75, 3.05) is 15.5 Å². The van der Waals surface area contributed by atoms with E-state index in [0.717, 1.165) is 5.56 Å². The number of para-hydroxylation sites is 2. The first kappa shape index (κ1) is 21.0. The van der Waals surface area contributed by atoms with Crippen LogP contribution in [0.4, 0.5) is 32.3 Å². The molecule has 0 saturated carbocycles. The summed E-state index contributed by atoms with van der Waals surface area (Å²) in [6.45, 7) is 1.99. The number of carbonyl (C=O) groups is 1. The monoisotopic (exact) mass is 427 g/mol. The lowest BCUT2D eigenvalue weighted by Gasteiger charge is -2.23. The van der Waals surface area contributed by atoms with Crippen LogP contribution in [0.5, 0.6) is 0 Å². The maximum Gasteiger partial charge on any atom is 0.332 e. The average Bonchev–Trinajstić information content (AvgIpc) is 2.82. The van der Waals surface area contributed by atoms with Gasteiger partial charge in [-0.25, -0.2) is 19.1 Å². The van der Waals surface area contributed by atoms with Crippen LogP contribution in [0.3, 0.4) is 0 Å². The zero-order chi connectivity index (χ0) is 22.3. The number of hydrogen-bond donors (Lipinski definition) is 2. The predicted octanol–water partition coefficient (Wildman–Crippen LogP) is 6.16. The average molecular weight is 427 g/mol. The summed E-state index contributed by atoms with van der Waals surface area (Å²) in [6, 6.07) is 25.9. The molecule has 0 fully saturated rings. The molecule has 0 saturated heterocycles. The molecule has 7 heteroatoms. The number of carbonyl (C=O) groups excluding carboxylic acids is 1. The zero-order valence-corrected chi connectivity index (χ0v) is 17.4. The van der Waals surface area contributed by atoms with Crippen molar-refractivity contribution in [2.45, 2.75) is 13.0 Å². The minimum absolute atomic E-state index is 0.0634. The number of hydrogen-bond acceptors (Lipinski definition) is 4. The lowest BCUT2D eigenvalue weighted by molar-refractivity contribution is 0.258. The van der Waals surface area contributed by atoms with Crippen LogP contribution in [0.1, 0.15) is 18.5 Å². The van der Waals surface area contributed by atoms with E-state index in [1.54, 1.807) is 42.5 Å². The van der Waals surface area contributed by atoms with Crippen LogP contribution in [0.25, 0.3) is 0 Å². The number of rotatable bonds is 6. The van der Waals surface area contributed by atoms with Gasteiger partial charge < -0.3 is 10.6 Å². The number of aromatic nitrogens is 2. The second-order valence-electron chi connectivity index (χ2n) is 7.10. The zero-order valence-electron chi connectivity index (χ0n) is 17.4. The summed E-state index contributed by atoms with van der Waals surface area (Å²) in [5.74, 6) is 0.0236. The highest BCUT2D eigenvalue weighted by Gasteiger charge is 2.23. The van der Waals surface area contributed by atoms with Crippen LogP contribution in [0.15, 0.2) is 97.2 Å². The summed E-state index contributed by atoms with van der Waals surface area (Å²) in [4.78, 5) is 23.2. The van der Waals surface area contributed by atoms with Crippen LogP contribution in [0.2, 0.25) is 0 Å². The highest BCUT2D eigenvalue weighted by molar-refractivity contribution is 6.06. The van der Waals surface area contributed by atoms with Crippen LogP contribution in [-0.2, 0) is 0 Å². The molecule has 0 radical (unpaired) electrons. The van der Waals surface area contributed by atoms with E-state index in [2.05, 4.69) is 20.6 Å². The van der Waals surface area contributed by atoms with Crippen LogP contribution < -0.4 is 15.5 Å². The van der Waals surface area contributed by atoms with Crippen molar-refractivity contribution in [3.63, 3.8) is 0 Å². The SMILES string of the molecule is CC(Nc1nccc(N(C(=O)Nc2ccccc2)c2ccccc2F)n1)c1ccccc1. The number of amides is 2. The molecule has 6 nitrogen and oxygen atoms in total. The van der Waals surface area contributed by atoms with E-state index in [-0.39, 0.29) is 17.5 Å². The third-order valence-corrected chi connectivity index (χ3v) is 4.84. The van der Waals surface area contributed by atoms with Gasteiger partial charge in [0, 0.05) is 18.0 Å². The summed E-state index contributed by atoms with van der Waals surface area (Å²) in [7, 11) is 0. The molecule has 2 N–H and O–H groups in total. The first-order valence-electron chi connectivity index (χ1n) is 10.2. The Morgan fingerprint density at radius 2 is 1.56 bits per heavy atom. The first-order chi connectivity index (χ1) is 15.6. The van der Waals surface area contributed by atoms with Crippen molar-refractivity contribution in [3.8, 4) is 0 Å². The first-order valence-corrected chi connectivity index (χ1v) is 10.2. The summed E-state index contributed by atoms with van der Waals surface area (Å²) in [5.41, 5.74) is 1.74. The number of benzene rings is 3. The fraction of sp³-hybridized carbons (Fsp3) is 0.0800. The van der Waals surface area contributed by atoms with E-state index in [1.165, 1.54) is 23.2 Å². The Labute approximate surface area is 185 Å². The molecule has 1 aromatic heterocycles. The summed E-state index contributed by atoms with van der Waals surface area (Å²) >= 11 is 0.